The molecule has 1 fully saturated rings. The maximum Gasteiger partial charge on any atom is 0.0845 e. The average Bonchev–Trinajstić information content (AvgIpc) is 3.27. The van der Waals surface area contributed by atoms with Gasteiger partial charge < -0.3 is 14.6 Å². The van der Waals surface area contributed by atoms with Gasteiger partial charge in [-0.1, -0.05) is 90.0 Å². The van der Waals surface area contributed by atoms with Crippen LogP contribution < -0.4 is 4.90 Å². The molecular formula is C35H37N3O. The molecule has 2 heterocycles. The summed E-state index contributed by atoms with van der Waals surface area (Å²) in [6, 6.07) is 36.8. The first-order chi connectivity index (χ1) is 19.1. The number of anilines is 1. The Morgan fingerprint density at radius 2 is 1.28 bits per heavy atom. The molecule has 0 bridgehead atoms. The molecule has 4 nitrogen and oxygen atoms in total. The van der Waals surface area contributed by atoms with Gasteiger partial charge in [0.05, 0.1) is 18.3 Å². The molecule has 0 saturated carbocycles. The predicted octanol–water partition coefficient (Wildman–Crippen LogP) is 6.78. The van der Waals surface area contributed by atoms with Crippen molar-refractivity contribution in [1.29, 1.82) is 0 Å². The Morgan fingerprint density at radius 1 is 0.667 bits per heavy atom. The normalized spacial score (nSPS) is 15.1. The highest BCUT2D eigenvalue weighted by atomic mass is 16.3. The zero-order valence-corrected chi connectivity index (χ0v) is 22.9. The molecule has 6 rings (SSSR count). The molecule has 5 aromatic rings. The Hall–Kier alpha value is -3.86. The highest BCUT2D eigenvalue weighted by Gasteiger charge is 2.24. The quantitative estimate of drug-likeness (QED) is 0.259. The molecule has 1 aliphatic heterocycles. The van der Waals surface area contributed by atoms with Crippen molar-refractivity contribution in [2.24, 2.45) is 0 Å². The molecule has 0 aliphatic carbocycles. The van der Waals surface area contributed by atoms with Gasteiger partial charge >= 0.3 is 0 Å². The van der Waals surface area contributed by atoms with E-state index in [0.717, 1.165) is 26.2 Å². The van der Waals surface area contributed by atoms with Crippen LogP contribution in [0.4, 0.5) is 5.69 Å². The second-order valence-electron chi connectivity index (χ2n) is 10.9. The summed E-state index contributed by atoms with van der Waals surface area (Å²) >= 11 is 0. The number of aromatic nitrogens is 1. The summed E-state index contributed by atoms with van der Waals surface area (Å²) in [5.41, 5.74) is 9.76. The van der Waals surface area contributed by atoms with Crippen LogP contribution in [0.1, 0.15) is 11.1 Å². The van der Waals surface area contributed by atoms with E-state index in [4.69, 9.17) is 0 Å². The molecular weight excluding hydrogens is 478 g/mol. The smallest absolute Gasteiger partial charge is 0.0845 e. The predicted molar refractivity (Wildman–Crippen MR) is 163 cm³/mol. The first kappa shape index (κ1) is 25.4. The van der Waals surface area contributed by atoms with E-state index in [2.05, 4.69) is 131 Å². The number of piperazine rings is 1. The number of aliphatic hydroxyl groups is 1. The molecule has 1 saturated heterocycles. The standard InChI is InChI=1S/C35H37N3O/c1-26-13-16-30(17-14-26)37-21-19-36(20-22-37)24-31(39)25-38-33-18-15-27(2)23-32(33)34(28-9-5-3-6-10-28)35(38)29-11-7-4-8-12-29/h3-18,23,31,39H,19-22,24-25H2,1-2H3/t31-/m1/s1. The van der Waals surface area contributed by atoms with Crippen LogP contribution in [-0.4, -0.2) is 53.4 Å². The maximum absolute atomic E-state index is 11.5. The third-order valence-electron chi connectivity index (χ3n) is 7.96. The Labute approximate surface area is 231 Å². The lowest BCUT2D eigenvalue weighted by Gasteiger charge is -2.37. The summed E-state index contributed by atoms with van der Waals surface area (Å²) < 4.78 is 2.35. The van der Waals surface area contributed by atoms with Crippen molar-refractivity contribution in [3.8, 4) is 22.4 Å². The lowest BCUT2D eigenvalue weighted by atomic mass is 9.98. The average molecular weight is 516 g/mol. The van der Waals surface area contributed by atoms with E-state index in [1.54, 1.807) is 0 Å². The fourth-order valence-corrected chi connectivity index (χ4v) is 5.96. The van der Waals surface area contributed by atoms with Crippen molar-refractivity contribution in [3.63, 3.8) is 0 Å². The van der Waals surface area contributed by atoms with E-state index in [1.807, 2.05) is 0 Å². The number of β-amino-alcohol motifs (C(OH)–C–C–N with tert-alkyl or cyclic N) is 1. The molecule has 1 aliphatic rings. The molecule has 1 atom stereocenters. The van der Waals surface area contributed by atoms with Gasteiger partial charge in [-0.25, -0.2) is 0 Å². The van der Waals surface area contributed by atoms with Crippen LogP contribution >= 0.6 is 0 Å². The van der Waals surface area contributed by atoms with Crippen molar-refractivity contribution in [2.75, 3.05) is 37.6 Å². The molecule has 39 heavy (non-hydrogen) atoms. The molecule has 4 aromatic carbocycles. The molecule has 0 amide bonds. The zero-order chi connectivity index (χ0) is 26.8. The second-order valence-corrected chi connectivity index (χ2v) is 10.9. The molecule has 1 N–H and O–H groups in total. The minimum Gasteiger partial charge on any atom is -0.390 e. The molecule has 1 aromatic heterocycles. The lowest BCUT2D eigenvalue weighted by molar-refractivity contribution is 0.0963. The number of hydrogen-bond donors (Lipinski definition) is 1. The van der Waals surface area contributed by atoms with Crippen LogP contribution in [0, 0.1) is 13.8 Å². The van der Waals surface area contributed by atoms with Crippen molar-refractivity contribution in [3.05, 3.63) is 114 Å². The van der Waals surface area contributed by atoms with Crippen LogP contribution in [0.5, 0.6) is 0 Å². The highest BCUT2D eigenvalue weighted by Crippen LogP contribution is 2.41. The number of rotatable bonds is 7. The molecule has 0 radical (unpaired) electrons. The van der Waals surface area contributed by atoms with Crippen LogP contribution in [0.3, 0.4) is 0 Å². The van der Waals surface area contributed by atoms with Gasteiger partial charge in [-0.15, -0.1) is 0 Å². The minimum absolute atomic E-state index is 0.473. The van der Waals surface area contributed by atoms with Crippen LogP contribution in [0.15, 0.2) is 103 Å². The van der Waals surface area contributed by atoms with Crippen molar-refractivity contribution in [2.45, 2.75) is 26.5 Å². The van der Waals surface area contributed by atoms with E-state index < -0.39 is 6.10 Å². The maximum atomic E-state index is 11.5. The summed E-state index contributed by atoms with van der Waals surface area (Å²) in [7, 11) is 0. The first-order valence-electron chi connectivity index (χ1n) is 14.0. The highest BCUT2D eigenvalue weighted by molar-refractivity contribution is 6.04. The van der Waals surface area contributed by atoms with Crippen molar-refractivity contribution >= 4 is 16.6 Å². The largest absolute Gasteiger partial charge is 0.390 e. The van der Waals surface area contributed by atoms with E-state index in [1.165, 1.54) is 50.1 Å². The van der Waals surface area contributed by atoms with E-state index in [9.17, 15) is 5.11 Å². The van der Waals surface area contributed by atoms with Gasteiger partial charge in [0.25, 0.3) is 0 Å². The van der Waals surface area contributed by atoms with Crippen molar-refractivity contribution < 1.29 is 5.11 Å². The van der Waals surface area contributed by atoms with Crippen LogP contribution in [0.2, 0.25) is 0 Å². The summed E-state index contributed by atoms with van der Waals surface area (Å²) in [6.45, 7) is 9.37. The SMILES string of the molecule is Cc1ccc(N2CCN(C[C@@H](O)Cn3c(-c4ccccc4)c(-c4ccccc4)c4cc(C)ccc43)CC2)cc1. The van der Waals surface area contributed by atoms with Gasteiger partial charge in [0.2, 0.25) is 0 Å². The van der Waals surface area contributed by atoms with Gasteiger partial charge in [0, 0.05) is 54.9 Å². The number of aliphatic hydroxyl groups excluding tert-OH is 1. The fourth-order valence-electron chi connectivity index (χ4n) is 5.96. The van der Waals surface area contributed by atoms with E-state index >= 15 is 0 Å². The second kappa shape index (κ2) is 11.1. The summed E-state index contributed by atoms with van der Waals surface area (Å²) in [4.78, 5) is 4.86. The minimum atomic E-state index is -0.473. The number of benzene rings is 4. The Balaban J connectivity index is 1.29. The monoisotopic (exact) mass is 515 g/mol. The first-order valence-corrected chi connectivity index (χ1v) is 14.0. The van der Waals surface area contributed by atoms with E-state index in [-0.39, 0.29) is 0 Å². The molecule has 0 spiro atoms. The third kappa shape index (κ3) is 5.36. The van der Waals surface area contributed by atoms with Gasteiger partial charge in [0.1, 0.15) is 0 Å². The van der Waals surface area contributed by atoms with Crippen LogP contribution in [0.25, 0.3) is 33.3 Å². The zero-order valence-electron chi connectivity index (χ0n) is 22.9. The topological polar surface area (TPSA) is 31.6 Å². The van der Waals surface area contributed by atoms with Gasteiger partial charge in [-0.05, 0) is 49.2 Å². The fraction of sp³-hybridized carbons (Fsp3) is 0.257. The molecule has 4 heteroatoms. The van der Waals surface area contributed by atoms with Crippen LogP contribution in [-0.2, 0) is 6.54 Å². The number of nitrogens with zero attached hydrogens (tertiary/aromatic N) is 3. The third-order valence-corrected chi connectivity index (χ3v) is 7.96. The summed E-state index contributed by atoms with van der Waals surface area (Å²) in [5.74, 6) is 0. The Bertz CT molecular complexity index is 1530. The molecule has 0 unspecified atom stereocenters. The Kier molecular flexibility index (Phi) is 7.23. The number of hydrogen-bond acceptors (Lipinski definition) is 3. The number of fused-ring (bicyclic) bond motifs is 1. The summed E-state index contributed by atoms with van der Waals surface area (Å²) in [5, 5.41) is 12.7. The van der Waals surface area contributed by atoms with Gasteiger partial charge in [0.15, 0.2) is 0 Å². The lowest BCUT2D eigenvalue weighted by Crippen LogP contribution is -2.49. The van der Waals surface area contributed by atoms with Gasteiger partial charge in [-0.3, -0.25) is 4.90 Å². The molecule has 198 valence electrons. The van der Waals surface area contributed by atoms with E-state index in [0.29, 0.717) is 13.1 Å². The van der Waals surface area contributed by atoms with Crippen molar-refractivity contribution in [1.82, 2.24) is 9.47 Å². The number of aryl methyl sites for hydroxylation is 2. The summed E-state index contributed by atoms with van der Waals surface area (Å²) in [6.07, 6.45) is -0.473. The Morgan fingerprint density at radius 3 is 1.95 bits per heavy atom. The van der Waals surface area contributed by atoms with Gasteiger partial charge in [-0.2, -0.15) is 0 Å².